The number of hydrogen-bond acceptors (Lipinski definition) is 3. The lowest BCUT2D eigenvalue weighted by atomic mass is 10.1. The van der Waals surface area contributed by atoms with E-state index in [-0.39, 0.29) is 5.97 Å². The van der Waals surface area contributed by atoms with Crippen LogP contribution in [0.1, 0.15) is 35.7 Å². The summed E-state index contributed by atoms with van der Waals surface area (Å²) in [5.74, 6) is 1.02. The largest absolute Gasteiger partial charge is 0.496 e. The van der Waals surface area contributed by atoms with E-state index in [0.29, 0.717) is 17.1 Å². The highest BCUT2D eigenvalue weighted by Gasteiger charge is 2.29. The number of unbranched alkanes of at least 4 members (excludes halogenated alkanes) is 1. The van der Waals surface area contributed by atoms with E-state index < -0.39 is 0 Å². The number of allylic oxidation sites excluding steroid dienone is 1. The molecule has 0 radical (unpaired) electrons. The van der Waals surface area contributed by atoms with Gasteiger partial charge in [-0.05, 0) is 24.6 Å². The second kappa shape index (κ2) is 4.39. The van der Waals surface area contributed by atoms with Crippen LogP contribution in [0.4, 0.5) is 0 Å². The van der Waals surface area contributed by atoms with Crippen molar-refractivity contribution in [3.8, 4) is 5.75 Å². The molecular formula is C13H14O3. The topological polar surface area (TPSA) is 35.5 Å². The zero-order valence-corrected chi connectivity index (χ0v) is 9.45. The Kier molecular flexibility index (Phi) is 2.95. The summed E-state index contributed by atoms with van der Waals surface area (Å²) in [5.41, 5.74) is 1.37. The molecule has 3 heteroatoms. The smallest absolute Gasteiger partial charge is 0.344 e. The summed E-state index contributed by atoms with van der Waals surface area (Å²) in [5, 5.41) is 0. The van der Waals surface area contributed by atoms with E-state index in [0.717, 1.165) is 18.4 Å². The van der Waals surface area contributed by atoms with Gasteiger partial charge in [0.25, 0.3) is 0 Å². The van der Waals surface area contributed by atoms with Crippen molar-refractivity contribution in [2.75, 3.05) is 7.11 Å². The molecule has 0 atom stereocenters. The van der Waals surface area contributed by atoms with Gasteiger partial charge in [0, 0.05) is 0 Å². The Bertz CT molecular complexity index is 446. The third kappa shape index (κ3) is 1.69. The molecule has 16 heavy (non-hydrogen) atoms. The zero-order chi connectivity index (χ0) is 11.5. The van der Waals surface area contributed by atoms with Crippen LogP contribution < -0.4 is 4.74 Å². The van der Waals surface area contributed by atoms with E-state index in [4.69, 9.17) is 9.47 Å². The lowest BCUT2D eigenvalue weighted by Crippen LogP contribution is -1.93. The Morgan fingerprint density at radius 3 is 2.94 bits per heavy atom. The van der Waals surface area contributed by atoms with Crippen LogP contribution in [-0.4, -0.2) is 13.1 Å². The standard InChI is InChI=1S/C13H14O3/c1-3-4-7-11-12-9(13(14)16-11)6-5-8-10(12)15-2/h5-8H,3-4H2,1-2H3/b11-7-. The van der Waals surface area contributed by atoms with Gasteiger partial charge < -0.3 is 9.47 Å². The summed E-state index contributed by atoms with van der Waals surface area (Å²) in [7, 11) is 1.59. The number of benzene rings is 1. The summed E-state index contributed by atoms with van der Waals surface area (Å²) in [6, 6.07) is 5.38. The van der Waals surface area contributed by atoms with Crippen molar-refractivity contribution in [3.05, 3.63) is 35.4 Å². The first-order chi connectivity index (χ1) is 7.77. The van der Waals surface area contributed by atoms with Crippen LogP contribution in [-0.2, 0) is 4.74 Å². The maximum absolute atomic E-state index is 11.6. The van der Waals surface area contributed by atoms with Crippen molar-refractivity contribution in [2.24, 2.45) is 0 Å². The van der Waals surface area contributed by atoms with E-state index in [1.54, 1.807) is 19.2 Å². The minimum atomic E-state index is -0.295. The lowest BCUT2D eigenvalue weighted by Gasteiger charge is -2.05. The van der Waals surface area contributed by atoms with Crippen molar-refractivity contribution in [3.63, 3.8) is 0 Å². The molecule has 3 nitrogen and oxygen atoms in total. The van der Waals surface area contributed by atoms with Crippen LogP contribution in [0.25, 0.3) is 5.76 Å². The SMILES string of the molecule is CCC/C=C1\OC(=O)c2cccc(OC)c21. The van der Waals surface area contributed by atoms with Gasteiger partial charge in [-0.2, -0.15) is 0 Å². The summed E-state index contributed by atoms with van der Waals surface area (Å²) in [4.78, 5) is 11.6. The highest BCUT2D eigenvalue weighted by atomic mass is 16.5. The van der Waals surface area contributed by atoms with E-state index in [9.17, 15) is 4.79 Å². The Balaban J connectivity index is 2.50. The highest BCUT2D eigenvalue weighted by Crippen LogP contribution is 2.36. The molecule has 2 rings (SSSR count). The summed E-state index contributed by atoms with van der Waals surface area (Å²) < 4.78 is 10.5. The van der Waals surface area contributed by atoms with Gasteiger partial charge in [0.1, 0.15) is 11.5 Å². The number of hydrogen-bond donors (Lipinski definition) is 0. The molecule has 1 heterocycles. The molecule has 1 aromatic carbocycles. The third-order valence-corrected chi connectivity index (χ3v) is 2.53. The van der Waals surface area contributed by atoms with E-state index in [2.05, 4.69) is 6.92 Å². The quantitative estimate of drug-likeness (QED) is 0.731. The van der Waals surface area contributed by atoms with Gasteiger partial charge in [0.15, 0.2) is 0 Å². The second-order valence-corrected chi connectivity index (χ2v) is 3.63. The van der Waals surface area contributed by atoms with Gasteiger partial charge in [-0.1, -0.05) is 19.4 Å². The van der Waals surface area contributed by atoms with Crippen LogP contribution >= 0.6 is 0 Å². The van der Waals surface area contributed by atoms with Gasteiger partial charge in [0.05, 0.1) is 18.2 Å². The summed E-state index contributed by atoms with van der Waals surface area (Å²) in [6.07, 6.45) is 3.85. The highest BCUT2D eigenvalue weighted by molar-refractivity contribution is 6.04. The molecule has 0 saturated carbocycles. The number of ether oxygens (including phenoxy) is 2. The Morgan fingerprint density at radius 1 is 1.44 bits per heavy atom. The monoisotopic (exact) mass is 218 g/mol. The van der Waals surface area contributed by atoms with Crippen LogP contribution in [0.5, 0.6) is 5.75 Å². The number of carbonyl (C=O) groups excluding carboxylic acids is 1. The van der Waals surface area contributed by atoms with Crippen molar-refractivity contribution in [1.82, 2.24) is 0 Å². The van der Waals surface area contributed by atoms with Gasteiger partial charge in [-0.25, -0.2) is 4.79 Å². The number of esters is 1. The van der Waals surface area contributed by atoms with E-state index >= 15 is 0 Å². The predicted octanol–water partition coefficient (Wildman–Crippen LogP) is 3.01. The molecule has 0 bridgehead atoms. The van der Waals surface area contributed by atoms with Gasteiger partial charge in [-0.15, -0.1) is 0 Å². The molecule has 0 aliphatic carbocycles. The minimum absolute atomic E-state index is 0.295. The lowest BCUT2D eigenvalue weighted by molar-refractivity contribution is 0.0715. The number of carbonyl (C=O) groups is 1. The molecule has 0 amide bonds. The van der Waals surface area contributed by atoms with E-state index in [1.165, 1.54) is 0 Å². The van der Waals surface area contributed by atoms with E-state index in [1.807, 2.05) is 12.1 Å². The zero-order valence-electron chi connectivity index (χ0n) is 9.45. The molecule has 0 aromatic heterocycles. The van der Waals surface area contributed by atoms with Gasteiger partial charge in [-0.3, -0.25) is 0 Å². The predicted molar refractivity (Wildman–Crippen MR) is 61.3 cm³/mol. The first-order valence-corrected chi connectivity index (χ1v) is 5.37. The van der Waals surface area contributed by atoms with Crippen molar-refractivity contribution in [1.29, 1.82) is 0 Å². The molecule has 1 aliphatic heterocycles. The maximum Gasteiger partial charge on any atom is 0.344 e. The second-order valence-electron chi connectivity index (χ2n) is 3.63. The average Bonchev–Trinajstić information content (AvgIpc) is 2.64. The molecule has 0 unspecified atom stereocenters. The number of methoxy groups -OCH3 is 1. The normalized spacial score (nSPS) is 16.1. The van der Waals surface area contributed by atoms with Crippen LogP contribution in [0.15, 0.2) is 24.3 Å². The summed E-state index contributed by atoms with van der Waals surface area (Å²) >= 11 is 0. The molecule has 0 saturated heterocycles. The number of cyclic esters (lactones) is 1. The Hall–Kier alpha value is -1.77. The van der Waals surface area contributed by atoms with Crippen molar-refractivity contribution < 1.29 is 14.3 Å². The summed E-state index contributed by atoms with van der Waals surface area (Å²) in [6.45, 7) is 2.08. The first kappa shape index (κ1) is 10.7. The third-order valence-electron chi connectivity index (χ3n) is 2.53. The first-order valence-electron chi connectivity index (χ1n) is 5.37. The molecule has 0 N–H and O–H groups in total. The molecule has 0 fully saturated rings. The number of rotatable bonds is 3. The molecule has 1 aromatic rings. The molecule has 1 aliphatic rings. The van der Waals surface area contributed by atoms with Gasteiger partial charge >= 0.3 is 5.97 Å². The fourth-order valence-electron chi connectivity index (χ4n) is 1.75. The van der Waals surface area contributed by atoms with Crippen LogP contribution in [0, 0.1) is 0 Å². The molecule has 84 valence electrons. The van der Waals surface area contributed by atoms with Crippen molar-refractivity contribution in [2.45, 2.75) is 19.8 Å². The Morgan fingerprint density at radius 2 is 2.25 bits per heavy atom. The van der Waals surface area contributed by atoms with Crippen LogP contribution in [0.3, 0.4) is 0 Å². The van der Waals surface area contributed by atoms with Crippen LogP contribution in [0.2, 0.25) is 0 Å². The molecular weight excluding hydrogens is 204 g/mol. The molecule has 0 spiro atoms. The average molecular weight is 218 g/mol. The Labute approximate surface area is 94.7 Å². The van der Waals surface area contributed by atoms with Gasteiger partial charge in [0.2, 0.25) is 0 Å². The maximum atomic E-state index is 11.6. The fourth-order valence-corrected chi connectivity index (χ4v) is 1.75. The minimum Gasteiger partial charge on any atom is -0.496 e. The van der Waals surface area contributed by atoms with Crippen molar-refractivity contribution >= 4 is 11.7 Å². The number of fused-ring (bicyclic) bond motifs is 1. The fraction of sp³-hybridized carbons (Fsp3) is 0.308.